The maximum absolute atomic E-state index is 11.0. The minimum Gasteiger partial charge on any atom is -0.570 e. The van der Waals surface area contributed by atoms with E-state index in [1.165, 1.54) is 7.05 Å². The molecule has 184 valence electrons. The predicted molar refractivity (Wildman–Crippen MR) is 118 cm³/mol. The van der Waals surface area contributed by atoms with Crippen molar-refractivity contribution in [2.24, 2.45) is 5.41 Å². The minimum absolute atomic E-state index is 0. The van der Waals surface area contributed by atoms with Gasteiger partial charge in [0.05, 0.1) is 19.8 Å². The number of amides is 2. The zero-order chi connectivity index (χ0) is 23.9. The molecular weight excluding hydrogens is 586 g/mol. The number of nitrogens with zero attached hydrogens (tertiary/aromatic N) is 1. The Morgan fingerprint density at radius 1 is 1.22 bits per heavy atom. The third-order valence-corrected chi connectivity index (χ3v) is 4.69. The summed E-state index contributed by atoms with van der Waals surface area (Å²) in [7, 11) is 3.22. The SMILES string of the molecule is C.C=C1CC(C)OC1=O.CC1=C(C)C(=O)N(C)C1=O.COCC1(C)COC1.[2H][C-]1OC1C.[W]. The van der Waals surface area contributed by atoms with Crippen LogP contribution in [-0.4, -0.2) is 68.9 Å². The first kappa shape index (κ1) is 30.7. The summed E-state index contributed by atoms with van der Waals surface area (Å²) < 4.78 is 25.8. The minimum atomic E-state index is -0.238. The first-order valence-corrected chi connectivity index (χ1v) is 9.78. The molecule has 3 fully saturated rings. The maximum Gasteiger partial charge on any atom is 0.333 e. The van der Waals surface area contributed by atoms with Crippen molar-refractivity contribution < 1.29 is 55.8 Å². The van der Waals surface area contributed by atoms with Gasteiger partial charge in [0, 0.05) is 63.8 Å². The Bertz CT molecular complexity index is 690. The first-order chi connectivity index (χ1) is 14.3. The molecular formula is C23H38NO7W-. The summed E-state index contributed by atoms with van der Waals surface area (Å²) in [6, 6.07) is 0. The average molecular weight is 625 g/mol. The van der Waals surface area contributed by atoms with E-state index in [0.29, 0.717) is 35.1 Å². The second-order valence-corrected chi connectivity index (χ2v) is 8.06. The molecule has 3 saturated heterocycles. The number of ether oxygens (including phenoxy) is 4. The van der Waals surface area contributed by atoms with Crippen LogP contribution in [0.4, 0.5) is 0 Å². The number of esters is 1. The predicted octanol–water partition coefficient (Wildman–Crippen LogP) is 3.07. The van der Waals surface area contributed by atoms with E-state index >= 15 is 0 Å². The number of carbonyl (C=O) groups is 3. The van der Waals surface area contributed by atoms with E-state index in [1.807, 2.05) is 13.8 Å². The fraction of sp³-hybridized carbons (Fsp3) is 0.652. The van der Waals surface area contributed by atoms with Crippen molar-refractivity contribution in [3.05, 3.63) is 29.9 Å². The number of imide groups is 1. The van der Waals surface area contributed by atoms with E-state index in [-0.39, 0.29) is 58.5 Å². The van der Waals surface area contributed by atoms with Crippen LogP contribution in [0.5, 0.6) is 0 Å². The molecule has 2 amide bonds. The summed E-state index contributed by atoms with van der Waals surface area (Å²) in [4.78, 5) is 33.5. The van der Waals surface area contributed by atoms with Crippen molar-refractivity contribution in [2.45, 2.75) is 60.7 Å². The number of rotatable bonds is 2. The average Bonchev–Trinajstić information content (AvgIpc) is 3.21. The van der Waals surface area contributed by atoms with Crippen LogP contribution >= 0.6 is 0 Å². The molecule has 0 aliphatic carbocycles. The third-order valence-electron chi connectivity index (χ3n) is 4.69. The van der Waals surface area contributed by atoms with Gasteiger partial charge in [-0.1, -0.05) is 34.0 Å². The molecule has 0 aromatic carbocycles. The molecule has 0 aromatic heterocycles. The van der Waals surface area contributed by atoms with Gasteiger partial charge < -0.3 is 18.9 Å². The van der Waals surface area contributed by atoms with E-state index in [0.717, 1.165) is 24.7 Å². The van der Waals surface area contributed by atoms with Crippen LogP contribution in [0.2, 0.25) is 0 Å². The topological polar surface area (TPSA) is 94.7 Å². The Morgan fingerprint density at radius 3 is 1.75 bits per heavy atom. The van der Waals surface area contributed by atoms with E-state index in [2.05, 4.69) is 18.2 Å². The molecule has 2 atom stereocenters. The van der Waals surface area contributed by atoms with Crippen molar-refractivity contribution in [3.8, 4) is 0 Å². The van der Waals surface area contributed by atoms with Crippen LogP contribution in [0.3, 0.4) is 0 Å². The van der Waals surface area contributed by atoms with Crippen molar-refractivity contribution in [1.82, 2.24) is 4.90 Å². The van der Waals surface area contributed by atoms with E-state index < -0.39 is 0 Å². The van der Waals surface area contributed by atoms with Crippen molar-refractivity contribution in [1.29, 1.82) is 0 Å². The standard InChI is InChI=1S/C7H9NO2.C6H12O2.C6H8O2.C3H5O.CH4.W/c1-4-5(2)7(10)8(3)6(4)9;1-6(3-7-2)4-8-5-6;1-4-3-5(2)8-6(4)7;1-3-2-4-3;;/h1-3H3;3-5H2,1-2H3;5H,1,3H2,2H3;2-3H,1H3;1H4;/q;;;-1;;/i;;;2D;;. The number of methoxy groups -OCH3 is 1. The maximum atomic E-state index is 11.0. The molecule has 9 heteroatoms. The molecule has 0 bridgehead atoms. The molecule has 4 heterocycles. The Kier molecular flexibility index (Phi) is 14.1. The zero-order valence-electron chi connectivity index (χ0n) is 20.4. The molecule has 4 rings (SSSR count). The zero-order valence-corrected chi connectivity index (χ0v) is 22.3. The molecule has 0 saturated carbocycles. The number of epoxide rings is 1. The Balaban J connectivity index is 0. The summed E-state index contributed by atoms with van der Waals surface area (Å²) in [6.07, 6.45) is 0.878. The van der Waals surface area contributed by atoms with E-state index in [4.69, 9.17) is 15.6 Å². The van der Waals surface area contributed by atoms with Gasteiger partial charge in [-0.3, -0.25) is 14.5 Å². The van der Waals surface area contributed by atoms with Gasteiger partial charge in [0.15, 0.2) is 0 Å². The van der Waals surface area contributed by atoms with Gasteiger partial charge >= 0.3 is 5.97 Å². The summed E-state index contributed by atoms with van der Waals surface area (Å²) in [6.45, 7) is 15.7. The van der Waals surface area contributed by atoms with Crippen LogP contribution in [-0.2, 0) is 54.4 Å². The second-order valence-electron chi connectivity index (χ2n) is 8.06. The summed E-state index contributed by atoms with van der Waals surface area (Å²) in [5.74, 6) is -0.595. The Hall–Kier alpha value is -1.34. The summed E-state index contributed by atoms with van der Waals surface area (Å²) in [5, 5.41) is 0. The van der Waals surface area contributed by atoms with Gasteiger partial charge in [-0.2, -0.15) is 7.95 Å². The van der Waals surface area contributed by atoms with Gasteiger partial charge in [-0.05, 0) is 20.8 Å². The number of hydrogen-bond acceptors (Lipinski definition) is 7. The van der Waals surface area contributed by atoms with Crippen LogP contribution < -0.4 is 0 Å². The van der Waals surface area contributed by atoms with E-state index in [9.17, 15) is 14.4 Å². The molecule has 0 aromatic rings. The quantitative estimate of drug-likeness (QED) is 0.153. The third kappa shape index (κ3) is 10.5. The monoisotopic (exact) mass is 625 g/mol. The summed E-state index contributed by atoms with van der Waals surface area (Å²) >= 11 is 0. The van der Waals surface area contributed by atoms with E-state index in [1.54, 1.807) is 21.0 Å². The van der Waals surface area contributed by atoms with Gasteiger partial charge in [0.2, 0.25) is 0 Å². The molecule has 4 aliphatic heterocycles. The Morgan fingerprint density at radius 2 is 1.66 bits per heavy atom. The second kappa shape index (κ2) is 14.7. The molecule has 0 radical (unpaired) electrons. The van der Waals surface area contributed by atoms with Gasteiger partial charge in [0.1, 0.15) is 6.10 Å². The number of carbonyl (C=O) groups excluding carboxylic acids is 3. The Labute approximate surface area is 208 Å². The molecule has 0 N–H and O–H groups in total. The largest absolute Gasteiger partial charge is 0.570 e. The van der Waals surface area contributed by atoms with Crippen LogP contribution in [0.1, 0.15) is 49.8 Å². The van der Waals surface area contributed by atoms with Crippen molar-refractivity contribution in [2.75, 3.05) is 34.0 Å². The fourth-order valence-corrected chi connectivity index (χ4v) is 2.60. The fourth-order valence-electron chi connectivity index (χ4n) is 2.60. The van der Waals surface area contributed by atoms with Crippen LogP contribution in [0.15, 0.2) is 23.3 Å². The molecule has 32 heavy (non-hydrogen) atoms. The van der Waals surface area contributed by atoms with Gasteiger partial charge in [0.25, 0.3) is 11.8 Å². The number of hydrogen-bond donors (Lipinski definition) is 0. The number of cyclic esters (lactones) is 1. The number of likely N-dealkylation sites (N-methyl/N-ethyl adjacent to an activating group) is 1. The van der Waals surface area contributed by atoms with Crippen LogP contribution in [0.25, 0.3) is 0 Å². The molecule has 0 spiro atoms. The molecule has 8 nitrogen and oxygen atoms in total. The summed E-state index contributed by atoms with van der Waals surface area (Å²) in [5.41, 5.74) is 2.05. The molecule has 4 aliphatic rings. The normalized spacial score (nSPS) is 25.3. The smallest absolute Gasteiger partial charge is 0.333 e. The van der Waals surface area contributed by atoms with Gasteiger partial charge in [-0.15, -0.1) is 0 Å². The van der Waals surface area contributed by atoms with Gasteiger partial charge in [-0.25, -0.2) is 4.79 Å². The molecule has 2 unspecified atom stereocenters. The van der Waals surface area contributed by atoms with Crippen molar-refractivity contribution in [3.63, 3.8) is 0 Å². The first-order valence-electron chi connectivity index (χ1n) is 10.3. The van der Waals surface area contributed by atoms with Crippen LogP contribution in [0, 0.1) is 12.0 Å². The van der Waals surface area contributed by atoms with Crippen molar-refractivity contribution >= 4 is 17.8 Å².